The number of carbonyl (C=O) groups is 2. The van der Waals surface area contributed by atoms with Gasteiger partial charge in [-0.1, -0.05) is 19.1 Å². The number of rotatable bonds is 12. The van der Waals surface area contributed by atoms with Crippen LogP contribution in [0.1, 0.15) is 25.8 Å². The molecule has 2 amide bonds. The van der Waals surface area contributed by atoms with Crippen LogP contribution in [0.3, 0.4) is 0 Å². The lowest BCUT2D eigenvalue weighted by atomic mass is 10.1. The second-order valence-electron chi connectivity index (χ2n) is 7.92. The Labute approximate surface area is 205 Å². The number of methoxy groups -OCH3 is 2. The Hall–Kier alpha value is -3.34. The fourth-order valence-corrected chi connectivity index (χ4v) is 4.20. The maximum Gasteiger partial charge on any atom is 0.244 e. The quantitative estimate of drug-likeness (QED) is 0.472. The topological polar surface area (TPSA) is 105 Å². The van der Waals surface area contributed by atoms with Crippen molar-refractivity contribution >= 4 is 27.5 Å². The third-order valence-corrected chi connectivity index (χ3v) is 6.44. The van der Waals surface area contributed by atoms with E-state index in [9.17, 15) is 22.4 Å². The second kappa shape index (κ2) is 12.4. The second-order valence-corrected chi connectivity index (χ2v) is 9.83. The number of benzene rings is 2. The summed E-state index contributed by atoms with van der Waals surface area (Å²) in [5.41, 5.74) is 0.733. The van der Waals surface area contributed by atoms with Crippen LogP contribution in [0.4, 0.5) is 10.1 Å². The van der Waals surface area contributed by atoms with Crippen molar-refractivity contribution < 1.29 is 31.9 Å². The monoisotopic (exact) mass is 509 g/mol. The Morgan fingerprint density at radius 2 is 1.74 bits per heavy atom. The van der Waals surface area contributed by atoms with Crippen LogP contribution >= 0.6 is 0 Å². The minimum Gasteiger partial charge on any atom is -0.497 e. The van der Waals surface area contributed by atoms with Crippen molar-refractivity contribution in [3.63, 3.8) is 0 Å². The van der Waals surface area contributed by atoms with Crippen molar-refractivity contribution in [3.8, 4) is 11.5 Å². The molecule has 0 aliphatic carbocycles. The van der Waals surface area contributed by atoms with Gasteiger partial charge in [-0.05, 0) is 43.2 Å². The molecular formula is C24H32FN3O6S. The summed E-state index contributed by atoms with van der Waals surface area (Å²) in [7, 11) is -1.08. The van der Waals surface area contributed by atoms with E-state index in [4.69, 9.17) is 9.47 Å². The van der Waals surface area contributed by atoms with Gasteiger partial charge in [0.05, 0.1) is 26.2 Å². The van der Waals surface area contributed by atoms with Crippen molar-refractivity contribution in [2.24, 2.45) is 0 Å². The maximum atomic E-state index is 13.5. The van der Waals surface area contributed by atoms with Gasteiger partial charge < -0.3 is 19.7 Å². The number of amides is 2. The number of halogens is 1. The van der Waals surface area contributed by atoms with Crippen LogP contribution in [0.5, 0.6) is 11.5 Å². The maximum absolute atomic E-state index is 13.5. The highest BCUT2D eigenvalue weighted by Crippen LogP contribution is 2.33. The van der Waals surface area contributed by atoms with Crippen LogP contribution in [-0.2, 0) is 26.2 Å². The van der Waals surface area contributed by atoms with Gasteiger partial charge >= 0.3 is 0 Å². The zero-order valence-electron chi connectivity index (χ0n) is 20.6. The summed E-state index contributed by atoms with van der Waals surface area (Å²) in [4.78, 5) is 27.4. The van der Waals surface area contributed by atoms with Gasteiger partial charge in [0.1, 0.15) is 29.9 Å². The highest BCUT2D eigenvalue weighted by atomic mass is 32.2. The molecule has 1 atom stereocenters. The number of carbonyl (C=O) groups excluding carboxylic acids is 2. The van der Waals surface area contributed by atoms with Crippen molar-refractivity contribution in [3.05, 3.63) is 53.8 Å². The zero-order chi connectivity index (χ0) is 26.2. The summed E-state index contributed by atoms with van der Waals surface area (Å²) >= 11 is 0. The van der Waals surface area contributed by atoms with Gasteiger partial charge in [0, 0.05) is 19.2 Å². The fourth-order valence-electron chi connectivity index (χ4n) is 3.35. The minimum atomic E-state index is -3.92. The molecule has 0 aromatic heterocycles. The van der Waals surface area contributed by atoms with Crippen molar-refractivity contribution in [1.29, 1.82) is 0 Å². The standard InChI is InChI=1S/C24H32FN3O6S/c1-6-13-26-24(30)17(2)27(15-18-7-9-19(25)10-8-18)23(29)16-28(35(5,31)32)21-12-11-20(33-3)14-22(21)34-4/h7-12,14,17H,6,13,15-16H2,1-5H3,(H,26,30)/t17-/m0/s1. The number of nitrogens with zero attached hydrogens (tertiary/aromatic N) is 2. The molecule has 2 rings (SSSR count). The van der Waals surface area contributed by atoms with Crippen LogP contribution in [0.25, 0.3) is 0 Å². The Kier molecular flexibility index (Phi) is 9.88. The lowest BCUT2D eigenvalue weighted by molar-refractivity contribution is -0.139. The number of sulfonamides is 1. The molecule has 0 fully saturated rings. The Balaban J connectivity index is 2.43. The molecule has 0 bridgehead atoms. The van der Waals surface area contributed by atoms with Gasteiger partial charge in [0.2, 0.25) is 21.8 Å². The molecule has 192 valence electrons. The minimum absolute atomic E-state index is 0.0167. The van der Waals surface area contributed by atoms with Crippen molar-refractivity contribution in [1.82, 2.24) is 10.2 Å². The molecule has 1 N–H and O–H groups in total. The molecule has 0 radical (unpaired) electrons. The summed E-state index contributed by atoms with van der Waals surface area (Å²) in [6, 6.07) is 9.16. The number of hydrogen-bond acceptors (Lipinski definition) is 6. The molecule has 11 heteroatoms. The van der Waals surface area contributed by atoms with E-state index in [0.29, 0.717) is 24.3 Å². The van der Waals surface area contributed by atoms with Gasteiger partial charge in [-0.3, -0.25) is 13.9 Å². The summed E-state index contributed by atoms with van der Waals surface area (Å²) in [5.74, 6) is -0.784. The summed E-state index contributed by atoms with van der Waals surface area (Å²) < 4.78 is 50.2. The first-order valence-electron chi connectivity index (χ1n) is 11.0. The van der Waals surface area contributed by atoms with Crippen LogP contribution in [0.2, 0.25) is 0 Å². The molecule has 2 aromatic carbocycles. The number of hydrogen-bond donors (Lipinski definition) is 1. The molecular weight excluding hydrogens is 477 g/mol. The Bertz CT molecular complexity index is 1120. The lowest BCUT2D eigenvalue weighted by Gasteiger charge is -2.31. The van der Waals surface area contributed by atoms with Gasteiger partial charge in [-0.2, -0.15) is 0 Å². The number of ether oxygens (including phenoxy) is 2. The molecule has 0 aliphatic heterocycles. The van der Waals surface area contributed by atoms with Crippen LogP contribution < -0.4 is 19.1 Å². The summed E-state index contributed by atoms with van der Waals surface area (Å²) in [6.45, 7) is 3.30. The Morgan fingerprint density at radius 3 is 2.29 bits per heavy atom. The van der Waals surface area contributed by atoms with Crippen molar-refractivity contribution in [2.45, 2.75) is 32.9 Å². The predicted octanol–water partition coefficient (Wildman–Crippen LogP) is 2.55. The molecule has 0 saturated carbocycles. The largest absolute Gasteiger partial charge is 0.497 e. The molecule has 0 aliphatic rings. The molecule has 9 nitrogen and oxygen atoms in total. The van der Waals surface area contributed by atoms with Crippen molar-refractivity contribution in [2.75, 3.05) is 37.9 Å². The first-order valence-corrected chi connectivity index (χ1v) is 12.9. The van der Waals surface area contributed by atoms with E-state index in [-0.39, 0.29) is 23.9 Å². The Morgan fingerprint density at radius 1 is 1.09 bits per heavy atom. The highest BCUT2D eigenvalue weighted by molar-refractivity contribution is 7.92. The molecule has 0 heterocycles. The number of nitrogens with one attached hydrogen (secondary N) is 1. The van der Waals surface area contributed by atoms with E-state index in [1.807, 2.05) is 6.92 Å². The molecule has 35 heavy (non-hydrogen) atoms. The average molecular weight is 510 g/mol. The first kappa shape index (κ1) is 27.9. The van der Waals surface area contributed by atoms with E-state index >= 15 is 0 Å². The molecule has 0 saturated heterocycles. The summed E-state index contributed by atoms with van der Waals surface area (Å²) in [6.07, 6.45) is 1.69. The smallest absolute Gasteiger partial charge is 0.244 e. The van der Waals surface area contributed by atoms with Gasteiger partial charge in [-0.25, -0.2) is 12.8 Å². The normalized spacial score (nSPS) is 11.9. The van der Waals surface area contributed by atoms with Gasteiger partial charge in [0.25, 0.3) is 0 Å². The average Bonchev–Trinajstić information content (AvgIpc) is 2.83. The summed E-state index contributed by atoms with van der Waals surface area (Å²) in [5, 5.41) is 2.75. The molecule has 0 unspecified atom stereocenters. The van der Waals surface area contributed by atoms with E-state index in [0.717, 1.165) is 10.6 Å². The predicted molar refractivity (Wildman–Crippen MR) is 131 cm³/mol. The van der Waals surface area contributed by atoms with Crippen LogP contribution in [0.15, 0.2) is 42.5 Å². The van der Waals surface area contributed by atoms with E-state index in [1.165, 1.54) is 55.5 Å². The lowest BCUT2D eigenvalue weighted by Crippen LogP contribution is -2.51. The van der Waals surface area contributed by atoms with Crippen LogP contribution in [-0.4, -0.2) is 64.7 Å². The SMILES string of the molecule is CCCNC(=O)[C@H](C)N(Cc1ccc(F)cc1)C(=O)CN(c1ccc(OC)cc1OC)S(C)(=O)=O. The van der Waals surface area contributed by atoms with E-state index in [2.05, 4.69) is 5.32 Å². The van der Waals surface area contributed by atoms with E-state index in [1.54, 1.807) is 13.0 Å². The third-order valence-electron chi connectivity index (χ3n) is 5.32. The highest BCUT2D eigenvalue weighted by Gasteiger charge is 2.31. The zero-order valence-corrected chi connectivity index (χ0v) is 21.4. The first-order chi connectivity index (χ1) is 16.5. The van der Waals surface area contributed by atoms with Gasteiger partial charge in [0.15, 0.2) is 0 Å². The van der Waals surface area contributed by atoms with Gasteiger partial charge in [-0.15, -0.1) is 0 Å². The van der Waals surface area contributed by atoms with Crippen LogP contribution in [0, 0.1) is 5.82 Å². The molecule has 2 aromatic rings. The third kappa shape index (κ3) is 7.57. The molecule has 0 spiro atoms. The fraction of sp³-hybridized carbons (Fsp3) is 0.417. The van der Waals surface area contributed by atoms with E-state index < -0.39 is 34.3 Å². The number of anilines is 1.